The van der Waals surface area contributed by atoms with E-state index in [-0.39, 0.29) is 17.6 Å². The first-order chi connectivity index (χ1) is 11.0. The number of carbonyl (C=O) groups is 1. The van der Waals surface area contributed by atoms with E-state index in [1.54, 1.807) is 12.1 Å². The maximum atomic E-state index is 13.1. The van der Waals surface area contributed by atoms with Crippen molar-refractivity contribution in [3.8, 4) is 0 Å². The predicted molar refractivity (Wildman–Crippen MR) is 83.9 cm³/mol. The van der Waals surface area contributed by atoms with Crippen LogP contribution in [0.1, 0.15) is 18.0 Å². The molecule has 0 bridgehead atoms. The summed E-state index contributed by atoms with van der Waals surface area (Å²) in [6.45, 7) is 0. The molecule has 0 saturated carbocycles. The van der Waals surface area contributed by atoms with Crippen molar-refractivity contribution < 1.29 is 13.6 Å². The Labute approximate surface area is 136 Å². The molecule has 1 saturated heterocycles. The van der Waals surface area contributed by atoms with E-state index in [4.69, 9.17) is 11.6 Å². The van der Waals surface area contributed by atoms with Crippen LogP contribution in [0.4, 0.5) is 14.5 Å². The highest BCUT2D eigenvalue weighted by atomic mass is 35.5. The molecule has 0 aliphatic carbocycles. The molecule has 1 heterocycles. The molecule has 0 spiro atoms. The van der Waals surface area contributed by atoms with Crippen LogP contribution in [0.3, 0.4) is 0 Å². The molecule has 1 aliphatic heterocycles. The van der Waals surface area contributed by atoms with Crippen molar-refractivity contribution in [1.82, 2.24) is 10.9 Å². The summed E-state index contributed by atoms with van der Waals surface area (Å²) >= 11 is 5.85. The fourth-order valence-electron chi connectivity index (χ4n) is 2.50. The lowest BCUT2D eigenvalue weighted by Gasteiger charge is -2.11. The number of nitrogens with one attached hydrogen (secondary N) is 3. The molecule has 2 atom stereocenters. The Balaban J connectivity index is 1.64. The number of carbonyl (C=O) groups excluding carboxylic acids is 1. The summed E-state index contributed by atoms with van der Waals surface area (Å²) in [4.78, 5) is 12.2. The van der Waals surface area contributed by atoms with E-state index in [1.165, 1.54) is 0 Å². The van der Waals surface area contributed by atoms with Gasteiger partial charge in [0.05, 0.1) is 0 Å². The molecule has 7 heteroatoms. The van der Waals surface area contributed by atoms with Gasteiger partial charge in [-0.3, -0.25) is 4.79 Å². The SMILES string of the molecule is O=C(Nc1cc(F)cc(F)c1)C1CC(c2ccc(Cl)cc2)NN1. The van der Waals surface area contributed by atoms with Gasteiger partial charge in [0.15, 0.2) is 0 Å². The lowest BCUT2D eigenvalue weighted by molar-refractivity contribution is -0.117. The zero-order chi connectivity index (χ0) is 16.4. The summed E-state index contributed by atoms with van der Waals surface area (Å²) in [6, 6.07) is 9.65. The van der Waals surface area contributed by atoms with Crippen LogP contribution in [0.5, 0.6) is 0 Å². The molecule has 1 fully saturated rings. The van der Waals surface area contributed by atoms with Gasteiger partial charge in [0, 0.05) is 22.8 Å². The van der Waals surface area contributed by atoms with Gasteiger partial charge in [-0.2, -0.15) is 0 Å². The quantitative estimate of drug-likeness (QED) is 0.806. The third kappa shape index (κ3) is 3.85. The molecule has 2 aromatic rings. The number of rotatable bonds is 3. The number of halogens is 3. The Bertz CT molecular complexity index is 704. The molecule has 4 nitrogen and oxygen atoms in total. The minimum atomic E-state index is -0.739. The van der Waals surface area contributed by atoms with Crippen LogP contribution >= 0.6 is 11.6 Å². The van der Waals surface area contributed by atoms with Crippen molar-refractivity contribution in [1.29, 1.82) is 0 Å². The Morgan fingerprint density at radius 2 is 1.74 bits per heavy atom. The maximum absolute atomic E-state index is 13.1. The van der Waals surface area contributed by atoms with Crippen molar-refractivity contribution in [3.63, 3.8) is 0 Å². The number of benzene rings is 2. The fourth-order valence-corrected chi connectivity index (χ4v) is 2.62. The first-order valence-electron chi connectivity index (χ1n) is 7.05. The zero-order valence-corrected chi connectivity index (χ0v) is 12.7. The van der Waals surface area contributed by atoms with Crippen LogP contribution in [0.15, 0.2) is 42.5 Å². The van der Waals surface area contributed by atoms with E-state index in [0.29, 0.717) is 11.4 Å². The van der Waals surface area contributed by atoms with E-state index in [9.17, 15) is 13.6 Å². The van der Waals surface area contributed by atoms with Crippen molar-refractivity contribution in [2.45, 2.75) is 18.5 Å². The van der Waals surface area contributed by atoms with Crippen molar-refractivity contribution in [2.24, 2.45) is 0 Å². The monoisotopic (exact) mass is 337 g/mol. The van der Waals surface area contributed by atoms with Crippen LogP contribution in [0, 0.1) is 11.6 Å². The summed E-state index contributed by atoms with van der Waals surface area (Å²) in [5.74, 6) is -1.84. The maximum Gasteiger partial charge on any atom is 0.242 e. The average molecular weight is 338 g/mol. The highest BCUT2D eigenvalue weighted by Gasteiger charge is 2.30. The van der Waals surface area contributed by atoms with Gasteiger partial charge in [-0.15, -0.1) is 0 Å². The summed E-state index contributed by atoms with van der Waals surface area (Å²) in [5.41, 5.74) is 7.00. The van der Waals surface area contributed by atoms with Gasteiger partial charge in [0.25, 0.3) is 0 Å². The standard InChI is InChI=1S/C16H14ClF2N3O/c17-10-3-1-9(2-4-10)14-8-15(22-21-14)16(23)20-13-6-11(18)5-12(19)7-13/h1-7,14-15,21-22H,8H2,(H,20,23). The van der Waals surface area contributed by atoms with Crippen molar-refractivity contribution in [2.75, 3.05) is 5.32 Å². The Morgan fingerprint density at radius 3 is 2.39 bits per heavy atom. The van der Waals surface area contributed by atoms with Crippen molar-refractivity contribution >= 4 is 23.2 Å². The van der Waals surface area contributed by atoms with E-state index < -0.39 is 17.7 Å². The van der Waals surface area contributed by atoms with Crippen LogP contribution in [-0.4, -0.2) is 11.9 Å². The van der Waals surface area contributed by atoms with Gasteiger partial charge < -0.3 is 5.32 Å². The fraction of sp³-hybridized carbons (Fsp3) is 0.188. The van der Waals surface area contributed by atoms with Crippen LogP contribution < -0.4 is 16.2 Å². The Hall–Kier alpha value is -2.02. The second kappa shape index (κ2) is 6.62. The minimum absolute atomic E-state index is 0.0488. The number of amides is 1. The van der Waals surface area contributed by atoms with E-state index in [2.05, 4.69) is 16.2 Å². The highest BCUT2D eigenvalue weighted by molar-refractivity contribution is 6.30. The molecule has 23 heavy (non-hydrogen) atoms. The lowest BCUT2D eigenvalue weighted by atomic mass is 10.0. The van der Waals surface area contributed by atoms with Crippen molar-refractivity contribution in [3.05, 3.63) is 64.7 Å². The van der Waals surface area contributed by atoms with E-state index in [1.807, 2.05) is 12.1 Å². The summed E-state index contributed by atoms with van der Waals surface area (Å²) in [5, 5.41) is 3.14. The molecule has 3 rings (SSSR count). The molecular weight excluding hydrogens is 324 g/mol. The number of hydrogen-bond donors (Lipinski definition) is 3. The van der Waals surface area contributed by atoms with E-state index in [0.717, 1.165) is 23.8 Å². The van der Waals surface area contributed by atoms with Gasteiger partial charge in [-0.25, -0.2) is 19.6 Å². The third-order valence-electron chi connectivity index (χ3n) is 3.62. The Kier molecular flexibility index (Phi) is 4.56. The molecule has 0 radical (unpaired) electrons. The number of anilines is 1. The minimum Gasteiger partial charge on any atom is -0.324 e. The third-order valence-corrected chi connectivity index (χ3v) is 3.87. The number of hydrogen-bond acceptors (Lipinski definition) is 3. The van der Waals surface area contributed by atoms with Crippen LogP contribution in [-0.2, 0) is 4.79 Å². The molecule has 3 N–H and O–H groups in total. The summed E-state index contributed by atoms with van der Waals surface area (Å²) in [6.07, 6.45) is 0.505. The summed E-state index contributed by atoms with van der Waals surface area (Å²) in [7, 11) is 0. The normalized spacial score (nSPS) is 20.5. The average Bonchev–Trinajstić information content (AvgIpc) is 2.97. The molecule has 2 aromatic carbocycles. The van der Waals surface area contributed by atoms with Crippen LogP contribution in [0.25, 0.3) is 0 Å². The highest BCUT2D eigenvalue weighted by Crippen LogP contribution is 2.24. The van der Waals surface area contributed by atoms with Gasteiger partial charge in [-0.1, -0.05) is 23.7 Å². The molecule has 120 valence electrons. The smallest absolute Gasteiger partial charge is 0.242 e. The predicted octanol–water partition coefficient (Wildman–Crippen LogP) is 3.16. The zero-order valence-electron chi connectivity index (χ0n) is 11.9. The van der Waals surface area contributed by atoms with Gasteiger partial charge in [-0.05, 0) is 36.2 Å². The van der Waals surface area contributed by atoms with Gasteiger partial charge >= 0.3 is 0 Å². The molecule has 0 aromatic heterocycles. The molecular formula is C16H14ClF2N3O. The lowest BCUT2D eigenvalue weighted by Crippen LogP contribution is -2.39. The topological polar surface area (TPSA) is 53.2 Å². The van der Waals surface area contributed by atoms with Gasteiger partial charge in [0.1, 0.15) is 17.7 Å². The second-order valence-electron chi connectivity index (χ2n) is 5.33. The Morgan fingerprint density at radius 1 is 1.09 bits per heavy atom. The largest absolute Gasteiger partial charge is 0.324 e. The van der Waals surface area contributed by atoms with Gasteiger partial charge in [0.2, 0.25) is 5.91 Å². The second-order valence-corrected chi connectivity index (χ2v) is 5.76. The summed E-state index contributed by atoms with van der Waals surface area (Å²) < 4.78 is 26.3. The molecule has 2 unspecified atom stereocenters. The number of hydrazine groups is 1. The molecule has 1 amide bonds. The first kappa shape index (κ1) is 15.9. The van der Waals surface area contributed by atoms with E-state index >= 15 is 0 Å². The van der Waals surface area contributed by atoms with Crippen LogP contribution in [0.2, 0.25) is 5.02 Å². The molecule has 1 aliphatic rings. The first-order valence-corrected chi connectivity index (χ1v) is 7.42.